The maximum atomic E-state index is 4.46. The second kappa shape index (κ2) is 6.83. The molecule has 3 nitrogen and oxygen atoms in total. The highest BCUT2D eigenvalue weighted by molar-refractivity contribution is 5.07. The summed E-state index contributed by atoms with van der Waals surface area (Å²) >= 11 is 0. The first-order chi connectivity index (χ1) is 8.81. The molecule has 0 saturated heterocycles. The Kier molecular flexibility index (Phi) is 5.12. The van der Waals surface area contributed by atoms with Gasteiger partial charge in [0.15, 0.2) is 0 Å². The van der Waals surface area contributed by atoms with Gasteiger partial charge in [0.25, 0.3) is 0 Å². The maximum Gasteiger partial charge on any atom is 0.115 e. The molecule has 1 aliphatic rings. The number of nitrogens with one attached hydrogen (secondary N) is 1. The van der Waals surface area contributed by atoms with Crippen LogP contribution in [0.4, 0.5) is 0 Å². The highest BCUT2D eigenvalue weighted by Gasteiger charge is 2.28. The lowest BCUT2D eigenvalue weighted by atomic mass is 9.77. The Morgan fingerprint density at radius 3 is 3.00 bits per heavy atom. The van der Waals surface area contributed by atoms with Crippen molar-refractivity contribution in [3.63, 3.8) is 0 Å². The molecule has 18 heavy (non-hydrogen) atoms. The number of hydrogen-bond donors (Lipinski definition) is 1. The molecule has 1 aliphatic carbocycles. The van der Waals surface area contributed by atoms with E-state index in [9.17, 15) is 0 Å². The molecular formula is C15H25N3. The molecule has 0 aromatic carbocycles. The first kappa shape index (κ1) is 13.5. The fourth-order valence-electron chi connectivity index (χ4n) is 3.08. The van der Waals surface area contributed by atoms with Crippen molar-refractivity contribution < 1.29 is 0 Å². The third kappa shape index (κ3) is 3.52. The Balaban J connectivity index is 2.09. The zero-order valence-corrected chi connectivity index (χ0v) is 11.6. The van der Waals surface area contributed by atoms with Gasteiger partial charge in [0, 0.05) is 6.20 Å². The van der Waals surface area contributed by atoms with Gasteiger partial charge in [0.2, 0.25) is 0 Å². The quantitative estimate of drug-likeness (QED) is 0.867. The predicted molar refractivity (Wildman–Crippen MR) is 74.2 cm³/mol. The van der Waals surface area contributed by atoms with Crippen molar-refractivity contribution in [3.8, 4) is 0 Å². The van der Waals surface area contributed by atoms with E-state index in [2.05, 4.69) is 35.2 Å². The Bertz CT molecular complexity index is 339. The van der Waals surface area contributed by atoms with Gasteiger partial charge in [-0.2, -0.15) is 0 Å². The van der Waals surface area contributed by atoms with Crippen molar-refractivity contribution >= 4 is 0 Å². The van der Waals surface area contributed by atoms with E-state index in [1.807, 2.05) is 6.20 Å². The molecule has 3 heteroatoms. The molecular weight excluding hydrogens is 222 g/mol. The summed E-state index contributed by atoms with van der Waals surface area (Å²) in [7, 11) is 0. The maximum absolute atomic E-state index is 4.46. The Morgan fingerprint density at radius 1 is 1.44 bits per heavy atom. The molecule has 0 radical (unpaired) electrons. The fraction of sp³-hybridized carbons (Fsp3) is 0.733. The molecule has 1 fully saturated rings. The van der Waals surface area contributed by atoms with E-state index in [1.165, 1.54) is 32.1 Å². The van der Waals surface area contributed by atoms with Gasteiger partial charge >= 0.3 is 0 Å². The van der Waals surface area contributed by atoms with Gasteiger partial charge < -0.3 is 5.32 Å². The van der Waals surface area contributed by atoms with E-state index < -0.39 is 0 Å². The minimum absolute atomic E-state index is 0.413. The van der Waals surface area contributed by atoms with Crippen LogP contribution in [0, 0.1) is 11.8 Å². The third-order valence-electron chi connectivity index (χ3n) is 3.99. The lowest BCUT2D eigenvalue weighted by molar-refractivity contribution is 0.221. The van der Waals surface area contributed by atoms with E-state index in [0.717, 1.165) is 24.1 Å². The zero-order chi connectivity index (χ0) is 12.8. The molecule has 1 aromatic rings. The molecule has 0 bridgehead atoms. The molecule has 1 saturated carbocycles. The first-order valence-electron chi connectivity index (χ1n) is 7.30. The summed E-state index contributed by atoms with van der Waals surface area (Å²) in [5.74, 6) is 1.59. The van der Waals surface area contributed by atoms with Crippen molar-refractivity contribution in [2.45, 2.75) is 52.0 Å². The van der Waals surface area contributed by atoms with E-state index in [1.54, 1.807) is 6.33 Å². The van der Waals surface area contributed by atoms with E-state index in [4.69, 9.17) is 0 Å². The van der Waals surface area contributed by atoms with Crippen LogP contribution in [0.15, 0.2) is 18.6 Å². The summed E-state index contributed by atoms with van der Waals surface area (Å²) in [6.45, 7) is 5.66. The van der Waals surface area contributed by atoms with Crippen molar-refractivity contribution in [2.75, 3.05) is 6.54 Å². The number of rotatable bonds is 5. The summed E-state index contributed by atoms with van der Waals surface area (Å²) < 4.78 is 0. The molecule has 0 aliphatic heterocycles. The van der Waals surface area contributed by atoms with Gasteiger partial charge in [-0.1, -0.05) is 26.7 Å². The highest BCUT2D eigenvalue weighted by Crippen LogP contribution is 2.36. The SMILES string of the molecule is CCCNC(c1ccncn1)C1CCCC(C)C1. The second-order valence-electron chi connectivity index (χ2n) is 5.60. The predicted octanol–water partition coefficient (Wildman–Crippen LogP) is 3.34. The number of hydrogen-bond acceptors (Lipinski definition) is 3. The van der Waals surface area contributed by atoms with Crippen LogP contribution in [0.3, 0.4) is 0 Å². The molecule has 1 N–H and O–H groups in total. The largest absolute Gasteiger partial charge is 0.308 e. The van der Waals surface area contributed by atoms with Crippen LogP contribution in [0.25, 0.3) is 0 Å². The lowest BCUT2D eigenvalue weighted by Gasteiger charge is -2.33. The molecule has 3 unspecified atom stereocenters. The summed E-state index contributed by atoms with van der Waals surface area (Å²) in [4.78, 5) is 8.49. The summed E-state index contributed by atoms with van der Waals surface area (Å²) in [6.07, 6.45) is 10.1. The minimum Gasteiger partial charge on any atom is -0.308 e. The van der Waals surface area contributed by atoms with Crippen LogP contribution in [-0.4, -0.2) is 16.5 Å². The fourth-order valence-corrected chi connectivity index (χ4v) is 3.08. The normalized spacial score (nSPS) is 25.9. The number of aromatic nitrogens is 2. The topological polar surface area (TPSA) is 37.8 Å². The van der Waals surface area contributed by atoms with Crippen LogP contribution < -0.4 is 5.32 Å². The smallest absolute Gasteiger partial charge is 0.115 e. The van der Waals surface area contributed by atoms with Gasteiger partial charge in [-0.3, -0.25) is 0 Å². The molecule has 0 spiro atoms. The summed E-state index contributed by atoms with van der Waals surface area (Å²) in [5, 5.41) is 3.69. The summed E-state index contributed by atoms with van der Waals surface area (Å²) in [6, 6.07) is 2.47. The highest BCUT2D eigenvalue weighted by atomic mass is 15.0. The van der Waals surface area contributed by atoms with Gasteiger partial charge in [-0.25, -0.2) is 9.97 Å². The van der Waals surface area contributed by atoms with E-state index in [0.29, 0.717) is 6.04 Å². The van der Waals surface area contributed by atoms with E-state index >= 15 is 0 Å². The van der Waals surface area contributed by atoms with Crippen molar-refractivity contribution in [1.82, 2.24) is 15.3 Å². The summed E-state index contributed by atoms with van der Waals surface area (Å²) in [5.41, 5.74) is 1.16. The van der Waals surface area contributed by atoms with Crippen LogP contribution in [-0.2, 0) is 0 Å². The van der Waals surface area contributed by atoms with Crippen LogP contribution in [0.5, 0.6) is 0 Å². The lowest BCUT2D eigenvalue weighted by Crippen LogP contribution is -2.32. The molecule has 1 heterocycles. The molecule has 0 amide bonds. The van der Waals surface area contributed by atoms with Crippen molar-refractivity contribution in [2.24, 2.45) is 11.8 Å². The Labute approximate surface area is 110 Å². The monoisotopic (exact) mass is 247 g/mol. The second-order valence-corrected chi connectivity index (χ2v) is 5.60. The number of nitrogens with zero attached hydrogens (tertiary/aromatic N) is 2. The van der Waals surface area contributed by atoms with Gasteiger partial charge in [-0.05, 0) is 43.7 Å². The average Bonchev–Trinajstić information content (AvgIpc) is 2.40. The molecule has 1 aromatic heterocycles. The first-order valence-corrected chi connectivity index (χ1v) is 7.30. The zero-order valence-electron chi connectivity index (χ0n) is 11.6. The van der Waals surface area contributed by atoms with Gasteiger partial charge in [-0.15, -0.1) is 0 Å². The van der Waals surface area contributed by atoms with Gasteiger partial charge in [0.05, 0.1) is 11.7 Å². The average molecular weight is 247 g/mol. The van der Waals surface area contributed by atoms with Crippen LogP contribution >= 0.6 is 0 Å². The van der Waals surface area contributed by atoms with Crippen molar-refractivity contribution in [1.29, 1.82) is 0 Å². The van der Waals surface area contributed by atoms with Crippen LogP contribution in [0.1, 0.15) is 57.7 Å². The Hall–Kier alpha value is -0.960. The molecule has 100 valence electrons. The van der Waals surface area contributed by atoms with Gasteiger partial charge in [0.1, 0.15) is 6.33 Å². The minimum atomic E-state index is 0.413. The Morgan fingerprint density at radius 2 is 2.33 bits per heavy atom. The standard InChI is InChI=1S/C15H25N3/c1-3-8-17-15(14-7-9-16-11-18-14)13-6-4-5-12(2)10-13/h7,9,11-13,15,17H,3-6,8,10H2,1-2H3. The third-order valence-corrected chi connectivity index (χ3v) is 3.99. The molecule has 3 atom stereocenters. The van der Waals surface area contributed by atoms with Crippen LogP contribution in [0.2, 0.25) is 0 Å². The van der Waals surface area contributed by atoms with E-state index in [-0.39, 0.29) is 0 Å². The molecule has 2 rings (SSSR count). The van der Waals surface area contributed by atoms with Crippen molar-refractivity contribution in [3.05, 3.63) is 24.3 Å².